The van der Waals surface area contributed by atoms with Gasteiger partial charge in [-0.3, -0.25) is 4.79 Å². The number of benzene rings is 1. The third-order valence-corrected chi connectivity index (χ3v) is 4.09. The van der Waals surface area contributed by atoms with E-state index in [2.05, 4.69) is 20.2 Å². The number of hydrogen-bond acceptors (Lipinski definition) is 6. The lowest BCUT2D eigenvalue weighted by Gasteiger charge is -2.32. The van der Waals surface area contributed by atoms with Crippen LogP contribution in [0.15, 0.2) is 30.3 Å². The first-order valence-electron chi connectivity index (χ1n) is 8.87. The van der Waals surface area contributed by atoms with Crippen molar-refractivity contribution in [3.8, 4) is 5.75 Å². The summed E-state index contributed by atoms with van der Waals surface area (Å²) in [6.07, 6.45) is 1.05. The molecule has 26 heavy (non-hydrogen) atoms. The molecule has 2 heterocycles. The van der Waals surface area contributed by atoms with Crippen LogP contribution in [0.5, 0.6) is 5.75 Å². The summed E-state index contributed by atoms with van der Waals surface area (Å²) in [4.78, 5) is 23.9. The largest absolute Gasteiger partial charge is 0.491 e. The maximum absolute atomic E-state index is 10.9. The lowest BCUT2D eigenvalue weighted by Crippen LogP contribution is -2.46. The van der Waals surface area contributed by atoms with Crippen molar-refractivity contribution in [2.45, 2.75) is 26.9 Å². The van der Waals surface area contributed by atoms with Gasteiger partial charge in [-0.15, -0.1) is 0 Å². The van der Waals surface area contributed by atoms with E-state index in [9.17, 15) is 4.79 Å². The number of rotatable bonds is 6. The molecule has 1 amide bonds. The van der Waals surface area contributed by atoms with E-state index in [1.807, 2.05) is 51.1 Å². The average molecular weight is 355 g/mol. The van der Waals surface area contributed by atoms with Gasteiger partial charge in [0.2, 0.25) is 12.4 Å². The lowest BCUT2D eigenvalue weighted by molar-refractivity contribution is -0.118. The predicted octanol–water partition coefficient (Wildman–Crippen LogP) is 2.59. The molecule has 1 saturated heterocycles. The number of anilines is 3. The standard InChI is InChI=1S/C19H25N5O2/c1-14(2)26-17-6-4-16(5-7-17)21-18-12-15(3)20-19(22-18)24-10-8-23(13-25)9-11-24/h4-7,12-14H,8-11H2,1-3H3,(H,20,21,22). The zero-order valence-corrected chi connectivity index (χ0v) is 15.5. The second-order valence-corrected chi connectivity index (χ2v) is 6.64. The van der Waals surface area contributed by atoms with Gasteiger partial charge in [-0.25, -0.2) is 4.98 Å². The van der Waals surface area contributed by atoms with Crippen molar-refractivity contribution in [1.82, 2.24) is 14.9 Å². The van der Waals surface area contributed by atoms with Crippen LogP contribution in [0.25, 0.3) is 0 Å². The molecule has 1 N–H and O–H groups in total. The minimum Gasteiger partial charge on any atom is -0.491 e. The van der Waals surface area contributed by atoms with Gasteiger partial charge < -0.3 is 19.9 Å². The first kappa shape index (κ1) is 18.0. The quantitative estimate of drug-likeness (QED) is 0.803. The third kappa shape index (κ3) is 4.62. The van der Waals surface area contributed by atoms with E-state index >= 15 is 0 Å². The number of carbonyl (C=O) groups is 1. The van der Waals surface area contributed by atoms with Crippen molar-refractivity contribution < 1.29 is 9.53 Å². The zero-order valence-electron chi connectivity index (χ0n) is 15.5. The smallest absolute Gasteiger partial charge is 0.227 e. The number of piperazine rings is 1. The molecule has 2 aromatic rings. The number of ether oxygens (including phenoxy) is 1. The highest BCUT2D eigenvalue weighted by atomic mass is 16.5. The molecule has 1 aliphatic rings. The summed E-state index contributed by atoms with van der Waals surface area (Å²) in [5.41, 5.74) is 1.84. The Balaban J connectivity index is 1.70. The third-order valence-electron chi connectivity index (χ3n) is 4.09. The summed E-state index contributed by atoms with van der Waals surface area (Å²) in [5, 5.41) is 3.32. The Morgan fingerprint density at radius 2 is 1.81 bits per heavy atom. The highest BCUT2D eigenvalue weighted by molar-refractivity contribution is 5.59. The minimum absolute atomic E-state index is 0.153. The molecule has 0 unspecified atom stereocenters. The van der Waals surface area contributed by atoms with Gasteiger partial charge >= 0.3 is 0 Å². The number of nitrogens with one attached hydrogen (secondary N) is 1. The van der Waals surface area contributed by atoms with E-state index in [-0.39, 0.29) is 6.10 Å². The normalized spacial score (nSPS) is 14.5. The van der Waals surface area contributed by atoms with E-state index in [1.165, 1.54) is 0 Å². The van der Waals surface area contributed by atoms with Crippen molar-refractivity contribution in [2.24, 2.45) is 0 Å². The van der Waals surface area contributed by atoms with E-state index in [4.69, 9.17) is 4.74 Å². The van der Waals surface area contributed by atoms with Crippen LogP contribution in [-0.4, -0.2) is 53.6 Å². The molecule has 0 radical (unpaired) electrons. The van der Waals surface area contributed by atoms with Gasteiger partial charge in [-0.05, 0) is 45.0 Å². The SMILES string of the molecule is Cc1cc(Nc2ccc(OC(C)C)cc2)nc(N2CCN(C=O)CC2)n1. The predicted molar refractivity (Wildman–Crippen MR) is 102 cm³/mol. The molecule has 7 heteroatoms. The molecule has 0 aliphatic carbocycles. The Kier molecular flexibility index (Phi) is 5.55. The first-order chi connectivity index (χ1) is 12.5. The minimum atomic E-state index is 0.153. The molecule has 0 atom stereocenters. The highest BCUT2D eigenvalue weighted by Crippen LogP contribution is 2.22. The van der Waals surface area contributed by atoms with Crippen LogP contribution in [0.3, 0.4) is 0 Å². The van der Waals surface area contributed by atoms with Gasteiger partial charge in [0.15, 0.2) is 0 Å². The Hall–Kier alpha value is -2.83. The van der Waals surface area contributed by atoms with Crippen molar-refractivity contribution in [3.63, 3.8) is 0 Å². The summed E-state index contributed by atoms with van der Waals surface area (Å²) in [6.45, 7) is 8.84. The molecule has 1 aromatic carbocycles. The van der Waals surface area contributed by atoms with Gasteiger partial charge in [0, 0.05) is 43.6 Å². The molecule has 0 saturated carbocycles. The summed E-state index contributed by atoms with van der Waals surface area (Å²) in [7, 11) is 0. The van der Waals surface area contributed by atoms with Crippen LogP contribution >= 0.6 is 0 Å². The highest BCUT2D eigenvalue weighted by Gasteiger charge is 2.18. The van der Waals surface area contributed by atoms with Crippen molar-refractivity contribution in [3.05, 3.63) is 36.0 Å². The number of aryl methyl sites for hydroxylation is 1. The Morgan fingerprint density at radius 3 is 2.42 bits per heavy atom. The fourth-order valence-electron chi connectivity index (χ4n) is 2.82. The number of nitrogens with zero attached hydrogens (tertiary/aromatic N) is 4. The number of carbonyl (C=O) groups excluding carboxylic acids is 1. The maximum atomic E-state index is 10.9. The van der Waals surface area contributed by atoms with E-state index < -0.39 is 0 Å². The van der Waals surface area contributed by atoms with Gasteiger partial charge in [0.25, 0.3) is 0 Å². The lowest BCUT2D eigenvalue weighted by atomic mass is 10.3. The molecule has 1 aliphatic heterocycles. The summed E-state index contributed by atoms with van der Waals surface area (Å²) >= 11 is 0. The molecule has 0 bridgehead atoms. The van der Waals surface area contributed by atoms with Crippen LogP contribution in [0.1, 0.15) is 19.5 Å². The van der Waals surface area contributed by atoms with Gasteiger partial charge in [0.05, 0.1) is 6.10 Å². The second-order valence-electron chi connectivity index (χ2n) is 6.64. The molecule has 1 fully saturated rings. The van der Waals surface area contributed by atoms with Crippen molar-refractivity contribution >= 4 is 23.9 Å². The fraction of sp³-hybridized carbons (Fsp3) is 0.421. The van der Waals surface area contributed by atoms with Crippen LogP contribution in [0.4, 0.5) is 17.5 Å². The second kappa shape index (κ2) is 8.03. The van der Waals surface area contributed by atoms with Crippen LogP contribution in [0.2, 0.25) is 0 Å². The van der Waals surface area contributed by atoms with E-state index in [1.54, 1.807) is 4.90 Å². The molecule has 3 rings (SSSR count). The number of amides is 1. The zero-order chi connectivity index (χ0) is 18.5. The van der Waals surface area contributed by atoms with Crippen LogP contribution in [-0.2, 0) is 4.79 Å². The topological polar surface area (TPSA) is 70.6 Å². The summed E-state index contributed by atoms with van der Waals surface area (Å²) in [6, 6.07) is 9.74. The Labute approximate surface area is 154 Å². The molecule has 7 nitrogen and oxygen atoms in total. The van der Waals surface area contributed by atoms with Crippen molar-refractivity contribution in [2.75, 3.05) is 36.4 Å². The number of aromatic nitrogens is 2. The van der Waals surface area contributed by atoms with Crippen LogP contribution in [0, 0.1) is 6.92 Å². The fourth-order valence-corrected chi connectivity index (χ4v) is 2.82. The monoisotopic (exact) mass is 355 g/mol. The Morgan fingerprint density at radius 1 is 1.12 bits per heavy atom. The number of hydrogen-bond donors (Lipinski definition) is 1. The van der Waals surface area contributed by atoms with E-state index in [0.717, 1.165) is 42.4 Å². The Bertz CT molecular complexity index is 740. The van der Waals surface area contributed by atoms with Gasteiger partial charge in [-0.2, -0.15) is 4.98 Å². The summed E-state index contributed by atoms with van der Waals surface area (Å²) < 4.78 is 5.67. The molecule has 138 valence electrons. The first-order valence-corrected chi connectivity index (χ1v) is 8.87. The van der Waals surface area contributed by atoms with E-state index in [0.29, 0.717) is 19.0 Å². The summed E-state index contributed by atoms with van der Waals surface area (Å²) in [5.74, 6) is 2.29. The molecule has 1 aromatic heterocycles. The van der Waals surface area contributed by atoms with Crippen LogP contribution < -0.4 is 15.0 Å². The molecule has 0 spiro atoms. The van der Waals surface area contributed by atoms with Crippen molar-refractivity contribution in [1.29, 1.82) is 0 Å². The molecular formula is C19H25N5O2. The van der Waals surface area contributed by atoms with Gasteiger partial charge in [-0.1, -0.05) is 0 Å². The molecular weight excluding hydrogens is 330 g/mol. The maximum Gasteiger partial charge on any atom is 0.227 e. The average Bonchev–Trinajstić information content (AvgIpc) is 2.62. The van der Waals surface area contributed by atoms with Gasteiger partial charge in [0.1, 0.15) is 11.6 Å².